The number of carbonyl (C=O) groups is 1. The lowest BCUT2D eigenvalue weighted by Gasteiger charge is -2.46. The predicted molar refractivity (Wildman–Crippen MR) is 114 cm³/mol. The molecule has 1 aromatic carbocycles. The standard InChI is InChI=1S/C23H28N4O4/c1-15-24-21(31-26-15)11-16-5-10-30-23(14-16)6-8-27(9-7-23)22(28)20-12-17-3-4-18(29-2)13-19(17)25-20/h3-4,12-13,16,25H,5-11,14H2,1-2H3. The minimum absolute atomic E-state index is 0.0405. The van der Waals surface area contributed by atoms with E-state index in [1.807, 2.05) is 36.1 Å². The summed E-state index contributed by atoms with van der Waals surface area (Å²) in [5.74, 6) is 2.67. The third kappa shape index (κ3) is 4.04. The van der Waals surface area contributed by atoms with Crippen LogP contribution >= 0.6 is 0 Å². The molecule has 2 saturated heterocycles. The van der Waals surface area contributed by atoms with Crippen molar-refractivity contribution in [1.29, 1.82) is 0 Å². The van der Waals surface area contributed by atoms with E-state index in [4.69, 9.17) is 14.0 Å². The molecule has 4 heterocycles. The first kappa shape index (κ1) is 20.1. The molecule has 1 unspecified atom stereocenters. The molecular weight excluding hydrogens is 396 g/mol. The summed E-state index contributed by atoms with van der Waals surface area (Å²) < 4.78 is 16.9. The normalized spacial score (nSPS) is 21.0. The number of rotatable bonds is 4. The number of nitrogens with one attached hydrogen (secondary N) is 1. The Morgan fingerprint density at radius 1 is 1.32 bits per heavy atom. The Kier molecular flexibility index (Phi) is 5.17. The maximum absolute atomic E-state index is 13.1. The van der Waals surface area contributed by atoms with Crippen LogP contribution in [-0.4, -0.2) is 58.3 Å². The van der Waals surface area contributed by atoms with Crippen molar-refractivity contribution >= 4 is 16.8 Å². The fourth-order valence-corrected chi connectivity index (χ4v) is 4.96. The number of amides is 1. The lowest BCUT2D eigenvalue weighted by atomic mass is 9.78. The maximum atomic E-state index is 13.1. The third-order valence-electron chi connectivity index (χ3n) is 6.65. The first-order valence-corrected chi connectivity index (χ1v) is 10.9. The van der Waals surface area contributed by atoms with Gasteiger partial charge in [-0.15, -0.1) is 0 Å². The summed E-state index contributed by atoms with van der Waals surface area (Å²) in [6.45, 7) is 3.98. The van der Waals surface area contributed by atoms with Crippen LogP contribution in [0.4, 0.5) is 0 Å². The zero-order valence-electron chi connectivity index (χ0n) is 18.0. The van der Waals surface area contributed by atoms with Crippen LogP contribution in [0.1, 0.15) is 47.9 Å². The van der Waals surface area contributed by atoms with Crippen molar-refractivity contribution in [3.8, 4) is 5.75 Å². The molecule has 164 valence electrons. The molecule has 3 aromatic rings. The summed E-state index contributed by atoms with van der Waals surface area (Å²) in [6, 6.07) is 7.70. The van der Waals surface area contributed by atoms with Gasteiger partial charge in [-0.1, -0.05) is 5.16 Å². The van der Waals surface area contributed by atoms with Crippen LogP contribution in [-0.2, 0) is 11.2 Å². The number of piperidine rings is 1. The Labute approximate surface area is 180 Å². The molecule has 0 bridgehead atoms. The Morgan fingerprint density at radius 3 is 2.90 bits per heavy atom. The number of hydrogen-bond donors (Lipinski definition) is 1. The van der Waals surface area contributed by atoms with Gasteiger partial charge in [-0.3, -0.25) is 4.79 Å². The van der Waals surface area contributed by atoms with Gasteiger partial charge in [-0.05, 0) is 56.7 Å². The number of likely N-dealkylation sites (tertiary alicyclic amines) is 1. The molecule has 1 atom stereocenters. The number of ether oxygens (including phenoxy) is 2. The molecule has 8 nitrogen and oxygen atoms in total. The van der Waals surface area contributed by atoms with E-state index in [1.165, 1.54) is 0 Å². The smallest absolute Gasteiger partial charge is 0.270 e. The quantitative estimate of drug-likeness (QED) is 0.689. The van der Waals surface area contributed by atoms with Crippen molar-refractivity contribution in [1.82, 2.24) is 20.0 Å². The number of aryl methyl sites for hydroxylation is 1. The van der Waals surface area contributed by atoms with E-state index in [1.54, 1.807) is 7.11 Å². The van der Waals surface area contributed by atoms with Gasteiger partial charge in [0.25, 0.3) is 5.91 Å². The highest BCUT2D eigenvalue weighted by Crippen LogP contribution is 2.39. The molecule has 2 aliphatic heterocycles. The van der Waals surface area contributed by atoms with E-state index in [2.05, 4.69) is 15.1 Å². The van der Waals surface area contributed by atoms with Crippen molar-refractivity contribution < 1.29 is 18.8 Å². The predicted octanol–water partition coefficient (Wildman–Crippen LogP) is 3.51. The highest BCUT2D eigenvalue weighted by molar-refractivity contribution is 5.98. The molecule has 1 N–H and O–H groups in total. The van der Waals surface area contributed by atoms with E-state index >= 15 is 0 Å². The Morgan fingerprint density at radius 2 is 2.16 bits per heavy atom. The SMILES string of the molecule is COc1ccc2cc(C(=O)N3CCC4(CC3)CC(Cc3nc(C)no3)CCO4)[nH]c2c1. The highest BCUT2D eigenvalue weighted by atomic mass is 16.5. The lowest BCUT2D eigenvalue weighted by molar-refractivity contribution is -0.124. The fourth-order valence-electron chi connectivity index (χ4n) is 4.96. The molecule has 2 aliphatic rings. The second kappa shape index (κ2) is 8.00. The number of aromatic amines is 1. The van der Waals surface area contributed by atoms with Gasteiger partial charge in [0.05, 0.1) is 12.7 Å². The number of H-pyrrole nitrogens is 1. The summed E-state index contributed by atoms with van der Waals surface area (Å²) >= 11 is 0. The number of fused-ring (bicyclic) bond motifs is 1. The summed E-state index contributed by atoms with van der Waals surface area (Å²) in [5, 5.41) is 4.90. The number of carbonyl (C=O) groups excluding carboxylic acids is 1. The average molecular weight is 425 g/mol. The van der Waals surface area contributed by atoms with Crippen LogP contribution in [0.5, 0.6) is 5.75 Å². The highest BCUT2D eigenvalue weighted by Gasteiger charge is 2.41. The van der Waals surface area contributed by atoms with Gasteiger partial charge in [0, 0.05) is 43.1 Å². The molecule has 31 heavy (non-hydrogen) atoms. The number of hydrogen-bond acceptors (Lipinski definition) is 6. The van der Waals surface area contributed by atoms with Gasteiger partial charge < -0.3 is 23.9 Å². The summed E-state index contributed by atoms with van der Waals surface area (Å²) in [7, 11) is 1.64. The molecule has 0 saturated carbocycles. The van der Waals surface area contributed by atoms with Gasteiger partial charge in [0.2, 0.25) is 5.89 Å². The molecule has 0 aliphatic carbocycles. The minimum atomic E-state index is -0.150. The average Bonchev–Trinajstić information content (AvgIpc) is 3.39. The van der Waals surface area contributed by atoms with Crippen molar-refractivity contribution in [3.05, 3.63) is 41.7 Å². The molecule has 1 amide bonds. The first-order chi connectivity index (χ1) is 15.0. The zero-order valence-corrected chi connectivity index (χ0v) is 18.0. The Bertz CT molecular complexity index is 1080. The minimum Gasteiger partial charge on any atom is -0.497 e. The van der Waals surface area contributed by atoms with Crippen LogP contribution in [0.25, 0.3) is 10.9 Å². The van der Waals surface area contributed by atoms with Crippen LogP contribution in [0.15, 0.2) is 28.8 Å². The molecule has 2 aromatic heterocycles. The maximum Gasteiger partial charge on any atom is 0.270 e. The zero-order chi connectivity index (χ0) is 21.4. The van der Waals surface area contributed by atoms with Crippen molar-refractivity contribution in [3.63, 3.8) is 0 Å². The fraction of sp³-hybridized carbons (Fsp3) is 0.522. The topological polar surface area (TPSA) is 93.5 Å². The third-order valence-corrected chi connectivity index (χ3v) is 6.65. The monoisotopic (exact) mass is 424 g/mol. The van der Waals surface area contributed by atoms with Gasteiger partial charge in [-0.2, -0.15) is 4.98 Å². The summed E-state index contributed by atoms with van der Waals surface area (Å²) in [6.07, 6.45) is 4.48. The summed E-state index contributed by atoms with van der Waals surface area (Å²) in [5.41, 5.74) is 1.38. The first-order valence-electron chi connectivity index (χ1n) is 10.9. The van der Waals surface area contributed by atoms with E-state index in [9.17, 15) is 4.79 Å². The molecule has 0 radical (unpaired) electrons. The van der Waals surface area contributed by atoms with Gasteiger partial charge >= 0.3 is 0 Å². The molecule has 1 spiro atoms. The molecule has 8 heteroatoms. The van der Waals surface area contributed by atoms with Crippen molar-refractivity contribution in [2.75, 3.05) is 26.8 Å². The molecular formula is C23H28N4O4. The number of nitrogens with zero attached hydrogens (tertiary/aromatic N) is 3. The number of methoxy groups -OCH3 is 1. The largest absolute Gasteiger partial charge is 0.497 e. The van der Waals surface area contributed by atoms with E-state index in [-0.39, 0.29) is 11.5 Å². The summed E-state index contributed by atoms with van der Waals surface area (Å²) in [4.78, 5) is 22.6. The van der Waals surface area contributed by atoms with E-state index in [0.717, 1.165) is 55.4 Å². The van der Waals surface area contributed by atoms with Gasteiger partial charge in [0.1, 0.15) is 11.4 Å². The van der Waals surface area contributed by atoms with Crippen LogP contribution in [0.2, 0.25) is 0 Å². The van der Waals surface area contributed by atoms with E-state index < -0.39 is 0 Å². The van der Waals surface area contributed by atoms with Crippen LogP contribution < -0.4 is 4.74 Å². The van der Waals surface area contributed by atoms with Crippen LogP contribution in [0, 0.1) is 12.8 Å². The van der Waals surface area contributed by atoms with Gasteiger partial charge in [0.15, 0.2) is 5.82 Å². The van der Waals surface area contributed by atoms with Crippen molar-refractivity contribution in [2.45, 2.75) is 44.6 Å². The molecule has 2 fully saturated rings. The second-order valence-electron chi connectivity index (χ2n) is 8.76. The Hall–Kier alpha value is -2.87. The Balaban J connectivity index is 1.22. The number of benzene rings is 1. The second-order valence-corrected chi connectivity index (χ2v) is 8.76. The van der Waals surface area contributed by atoms with Gasteiger partial charge in [-0.25, -0.2) is 0 Å². The lowest BCUT2D eigenvalue weighted by Crippen LogP contribution is -2.51. The molecule has 5 rings (SSSR count). The number of aromatic nitrogens is 3. The van der Waals surface area contributed by atoms with Crippen molar-refractivity contribution in [2.24, 2.45) is 5.92 Å². The van der Waals surface area contributed by atoms with E-state index in [0.29, 0.717) is 36.4 Å². The van der Waals surface area contributed by atoms with Crippen LogP contribution in [0.3, 0.4) is 0 Å².